The molecule has 6 nitrogen and oxygen atoms in total. The quantitative estimate of drug-likeness (QED) is 0.791. The molecule has 1 heterocycles. The zero-order valence-electron chi connectivity index (χ0n) is 11.5. The van der Waals surface area contributed by atoms with Crippen LogP contribution in [0, 0.1) is 5.41 Å². The van der Waals surface area contributed by atoms with Gasteiger partial charge in [0, 0.05) is 0 Å². The van der Waals surface area contributed by atoms with Crippen molar-refractivity contribution in [3.05, 3.63) is 23.8 Å². The second-order valence-corrected chi connectivity index (χ2v) is 7.51. The topological polar surface area (TPSA) is 89.5 Å². The molecule has 0 radical (unpaired) electrons. The largest absolute Gasteiger partial charge is 0.465 e. The molecule has 3 rings (SSSR count). The van der Waals surface area contributed by atoms with Gasteiger partial charge in [-0.1, -0.05) is 6.42 Å². The maximum atomic E-state index is 12.5. The van der Waals surface area contributed by atoms with Crippen LogP contribution in [-0.4, -0.2) is 33.2 Å². The minimum absolute atomic E-state index is 0.0623. The van der Waals surface area contributed by atoms with E-state index in [0.717, 1.165) is 6.42 Å². The lowest BCUT2D eigenvalue weighted by Gasteiger charge is -2.38. The number of nitrogens with one attached hydrogen (secondary N) is 1. The van der Waals surface area contributed by atoms with Crippen molar-refractivity contribution in [2.24, 2.45) is 5.41 Å². The predicted octanol–water partition coefficient (Wildman–Crippen LogP) is 1.37. The van der Waals surface area contributed by atoms with Gasteiger partial charge < -0.3 is 10.1 Å². The lowest BCUT2D eigenvalue weighted by Crippen LogP contribution is -2.45. The van der Waals surface area contributed by atoms with E-state index in [4.69, 9.17) is 0 Å². The number of anilines is 1. The van der Waals surface area contributed by atoms with E-state index in [1.807, 2.05) is 0 Å². The average molecular weight is 309 g/mol. The number of carbonyl (C=O) groups excluding carboxylic acids is 2. The molecule has 0 saturated heterocycles. The van der Waals surface area contributed by atoms with Crippen LogP contribution in [0.5, 0.6) is 0 Å². The number of amides is 1. The summed E-state index contributed by atoms with van der Waals surface area (Å²) in [6.07, 6.45) is 2.01. The summed E-state index contributed by atoms with van der Waals surface area (Å²) in [5, 5.41) is 2.66. The molecular weight excluding hydrogens is 294 g/mol. The predicted molar refractivity (Wildman–Crippen MR) is 74.7 cm³/mol. The van der Waals surface area contributed by atoms with Crippen LogP contribution in [0.1, 0.15) is 29.6 Å². The Morgan fingerprint density at radius 3 is 2.62 bits per heavy atom. The van der Waals surface area contributed by atoms with Crippen molar-refractivity contribution in [2.45, 2.75) is 24.2 Å². The van der Waals surface area contributed by atoms with E-state index in [-0.39, 0.29) is 27.8 Å². The summed E-state index contributed by atoms with van der Waals surface area (Å²) in [4.78, 5) is 23.9. The molecule has 1 spiro atoms. The molecule has 0 aromatic heterocycles. The number of carbonyl (C=O) groups is 2. The summed E-state index contributed by atoms with van der Waals surface area (Å²) in [5.74, 6) is -1.03. The molecule has 0 atom stereocenters. The number of sulfone groups is 1. The Bertz CT molecular complexity index is 734. The number of esters is 1. The number of rotatable bonds is 1. The summed E-state index contributed by atoms with van der Waals surface area (Å²) < 4.78 is 29.6. The molecule has 1 aromatic rings. The summed E-state index contributed by atoms with van der Waals surface area (Å²) in [7, 11) is -2.32. The Hall–Kier alpha value is -1.89. The van der Waals surface area contributed by atoms with Crippen molar-refractivity contribution in [3.63, 3.8) is 0 Å². The van der Waals surface area contributed by atoms with Crippen LogP contribution in [0.2, 0.25) is 0 Å². The van der Waals surface area contributed by atoms with Crippen LogP contribution in [-0.2, 0) is 19.4 Å². The van der Waals surface area contributed by atoms with Gasteiger partial charge in [0.15, 0.2) is 9.84 Å². The molecule has 1 saturated carbocycles. The lowest BCUT2D eigenvalue weighted by atomic mass is 9.69. The van der Waals surface area contributed by atoms with Crippen LogP contribution in [0.3, 0.4) is 0 Å². The van der Waals surface area contributed by atoms with Crippen molar-refractivity contribution < 1.29 is 22.7 Å². The number of fused-ring (bicyclic) bond motifs is 1. The molecule has 7 heteroatoms. The van der Waals surface area contributed by atoms with Crippen molar-refractivity contribution >= 4 is 27.4 Å². The van der Waals surface area contributed by atoms with Gasteiger partial charge in [-0.05, 0) is 31.0 Å². The number of ether oxygens (including phenoxy) is 1. The first-order chi connectivity index (χ1) is 9.88. The highest BCUT2D eigenvalue weighted by Crippen LogP contribution is 2.46. The van der Waals surface area contributed by atoms with Crippen molar-refractivity contribution in [1.29, 1.82) is 0 Å². The Balaban J connectivity index is 2.11. The summed E-state index contributed by atoms with van der Waals surface area (Å²) >= 11 is 0. The van der Waals surface area contributed by atoms with Crippen molar-refractivity contribution in [3.8, 4) is 0 Å². The fourth-order valence-corrected chi connectivity index (χ4v) is 4.90. The van der Waals surface area contributed by atoms with Gasteiger partial charge in [0.25, 0.3) is 0 Å². The van der Waals surface area contributed by atoms with Gasteiger partial charge in [0.05, 0.1) is 34.4 Å². The highest BCUT2D eigenvalue weighted by atomic mass is 32.2. The molecule has 0 unspecified atom stereocenters. The molecule has 1 aromatic carbocycles. The minimum atomic E-state index is -3.56. The standard InChI is InChI=1S/C14H15NO5S/c1-20-12(16)9-3-4-11-10(7-9)15-13(17)14(5-2-6-14)8-21(11,18)19/h3-4,7H,2,5-6,8H2,1H3,(H,15,17). The molecule has 1 amide bonds. The molecule has 1 aliphatic heterocycles. The molecular formula is C14H15NO5S. The van der Waals surface area contributed by atoms with Gasteiger partial charge in [-0.2, -0.15) is 0 Å². The molecule has 1 aliphatic carbocycles. The second kappa shape index (κ2) is 4.56. The molecule has 21 heavy (non-hydrogen) atoms. The Kier molecular flexibility index (Phi) is 3.05. The van der Waals surface area contributed by atoms with E-state index in [0.29, 0.717) is 12.8 Å². The first-order valence-electron chi connectivity index (χ1n) is 6.65. The third kappa shape index (κ3) is 2.12. The zero-order valence-corrected chi connectivity index (χ0v) is 12.3. The number of benzene rings is 1. The number of methoxy groups -OCH3 is 1. The van der Waals surface area contributed by atoms with Gasteiger partial charge in [0.2, 0.25) is 5.91 Å². The smallest absolute Gasteiger partial charge is 0.337 e. The van der Waals surface area contributed by atoms with E-state index < -0.39 is 21.2 Å². The summed E-state index contributed by atoms with van der Waals surface area (Å²) in [6, 6.07) is 4.11. The first kappa shape index (κ1) is 14.1. The maximum Gasteiger partial charge on any atom is 0.337 e. The van der Waals surface area contributed by atoms with Gasteiger partial charge in [-0.3, -0.25) is 4.79 Å². The van der Waals surface area contributed by atoms with Crippen LogP contribution in [0.4, 0.5) is 5.69 Å². The van der Waals surface area contributed by atoms with E-state index >= 15 is 0 Å². The van der Waals surface area contributed by atoms with Gasteiger partial charge in [-0.25, -0.2) is 13.2 Å². The maximum absolute atomic E-state index is 12.5. The Morgan fingerprint density at radius 1 is 1.33 bits per heavy atom. The fourth-order valence-electron chi connectivity index (χ4n) is 2.88. The van der Waals surface area contributed by atoms with Gasteiger partial charge >= 0.3 is 5.97 Å². The molecule has 1 N–H and O–H groups in total. The third-order valence-electron chi connectivity index (χ3n) is 4.24. The van der Waals surface area contributed by atoms with E-state index in [2.05, 4.69) is 10.1 Å². The normalized spacial score (nSPS) is 21.7. The van der Waals surface area contributed by atoms with Gasteiger partial charge in [0.1, 0.15) is 0 Å². The first-order valence-corrected chi connectivity index (χ1v) is 8.30. The Morgan fingerprint density at radius 2 is 2.05 bits per heavy atom. The fraction of sp³-hybridized carbons (Fsp3) is 0.429. The monoisotopic (exact) mass is 309 g/mol. The number of hydrogen-bond donors (Lipinski definition) is 1. The van der Waals surface area contributed by atoms with Crippen LogP contribution < -0.4 is 5.32 Å². The Labute approximate surface area is 122 Å². The summed E-state index contributed by atoms with van der Waals surface area (Å²) in [5.41, 5.74) is -0.452. The average Bonchev–Trinajstić information content (AvgIpc) is 2.49. The summed E-state index contributed by atoms with van der Waals surface area (Å²) in [6.45, 7) is 0. The van der Waals surface area contributed by atoms with Crippen molar-refractivity contribution in [1.82, 2.24) is 0 Å². The van der Waals surface area contributed by atoms with Crippen molar-refractivity contribution in [2.75, 3.05) is 18.2 Å². The molecule has 0 bridgehead atoms. The lowest BCUT2D eigenvalue weighted by molar-refractivity contribution is -0.128. The third-order valence-corrected chi connectivity index (χ3v) is 6.20. The highest BCUT2D eigenvalue weighted by molar-refractivity contribution is 7.91. The van der Waals surface area contributed by atoms with Crippen LogP contribution in [0.25, 0.3) is 0 Å². The SMILES string of the molecule is COC(=O)c1ccc2c(c1)NC(=O)C1(CCC1)CS2(=O)=O. The highest BCUT2D eigenvalue weighted by Gasteiger charge is 2.50. The van der Waals surface area contributed by atoms with Crippen LogP contribution in [0.15, 0.2) is 23.1 Å². The molecule has 2 aliphatic rings. The zero-order chi connectivity index (χ0) is 15.3. The second-order valence-electron chi connectivity index (χ2n) is 5.55. The van der Waals surface area contributed by atoms with Crippen LogP contribution >= 0.6 is 0 Å². The van der Waals surface area contributed by atoms with Gasteiger partial charge in [-0.15, -0.1) is 0 Å². The van der Waals surface area contributed by atoms with E-state index in [1.165, 1.54) is 25.3 Å². The molecule has 112 valence electrons. The number of hydrogen-bond acceptors (Lipinski definition) is 5. The minimum Gasteiger partial charge on any atom is -0.465 e. The van der Waals surface area contributed by atoms with E-state index in [9.17, 15) is 18.0 Å². The molecule has 1 fully saturated rings. The van der Waals surface area contributed by atoms with E-state index in [1.54, 1.807) is 0 Å².